The molecular formula is C13H20O3. The minimum Gasteiger partial charge on any atom is -0.508 e. The highest BCUT2D eigenvalue weighted by Crippen LogP contribution is 2.14. The van der Waals surface area contributed by atoms with Crippen LogP contribution in [0.2, 0.25) is 0 Å². The predicted octanol–water partition coefficient (Wildman–Crippen LogP) is 2.56. The Kier molecular flexibility index (Phi) is 6.42. The van der Waals surface area contributed by atoms with Crippen LogP contribution in [0.15, 0.2) is 24.3 Å². The fraction of sp³-hybridized carbons (Fsp3) is 0.462. The predicted molar refractivity (Wildman–Crippen MR) is 64.6 cm³/mol. The van der Waals surface area contributed by atoms with Crippen molar-refractivity contribution < 1.29 is 14.6 Å². The maximum atomic E-state index is 10.0. The van der Waals surface area contributed by atoms with Crippen molar-refractivity contribution in [2.75, 3.05) is 7.11 Å². The summed E-state index contributed by atoms with van der Waals surface area (Å²) in [6.45, 7) is 6.06. The van der Waals surface area contributed by atoms with Crippen LogP contribution in [0.25, 0.3) is 0 Å². The van der Waals surface area contributed by atoms with Crippen molar-refractivity contribution in [3.63, 3.8) is 0 Å². The molecule has 0 fully saturated rings. The van der Waals surface area contributed by atoms with Crippen LogP contribution in [0.3, 0.4) is 0 Å². The number of para-hydroxylation sites is 1. The molecule has 1 N–H and O–H groups in total. The molecule has 1 rings (SSSR count). The van der Waals surface area contributed by atoms with Crippen molar-refractivity contribution in [3.05, 3.63) is 29.8 Å². The lowest BCUT2D eigenvalue weighted by Gasteiger charge is -2.14. The van der Waals surface area contributed by atoms with E-state index in [1.54, 1.807) is 31.4 Å². The van der Waals surface area contributed by atoms with Gasteiger partial charge in [-0.25, -0.2) is 0 Å². The summed E-state index contributed by atoms with van der Waals surface area (Å²) in [5.74, 6) is 0.189. The smallest absolute Gasteiger partial charge is 0.124 e. The van der Waals surface area contributed by atoms with Gasteiger partial charge < -0.3 is 14.6 Å². The van der Waals surface area contributed by atoms with Gasteiger partial charge >= 0.3 is 0 Å². The maximum absolute atomic E-state index is 10.0. The van der Waals surface area contributed by atoms with Crippen molar-refractivity contribution in [3.8, 4) is 5.75 Å². The standard InChI is InChI=1S/C8H8O2.C5H12O/c9-6-5-7-3-1-2-4-8(7)10;1-5(2,3)6-4/h1-4,6,10H,5H2;1-4H3. The number of phenols is 1. The van der Waals surface area contributed by atoms with Gasteiger partial charge in [-0.05, 0) is 26.8 Å². The average molecular weight is 224 g/mol. The van der Waals surface area contributed by atoms with Gasteiger partial charge in [-0.2, -0.15) is 0 Å². The number of rotatable bonds is 2. The van der Waals surface area contributed by atoms with Crippen LogP contribution in [-0.4, -0.2) is 24.1 Å². The molecule has 0 unspecified atom stereocenters. The zero-order valence-electron chi connectivity index (χ0n) is 10.4. The maximum Gasteiger partial charge on any atom is 0.124 e. The topological polar surface area (TPSA) is 46.5 Å². The van der Waals surface area contributed by atoms with Crippen LogP contribution in [0.1, 0.15) is 26.3 Å². The van der Waals surface area contributed by atoms with E-state index in [9.17, 15) is 4.79 Å². The SMILES string of the molecule is COC(C)(C)C.O=CCc1ccccc1O. The molecule has 0 saturated heterocycles. The molecule has 1 aromatic carbocycles. The van der Waals surface area contributed by atoms with Crippen molar-refractivity contribution in [1.82, 2.24) is 0 Å². The Morgan fingerprint density at radius 2 is 1.81 bits per heavy atom. The van der Waals surface area contributed by atoms with Crippen molar-refractivity contribution >= 4 is 6.29 Å². The summed E-state index contributed by atoms with van der Waals surface area (Å²) in [7, 11) is 1.71. The molecule has 0 heterocycles. The summed E-state index contributed by atoms with van der Waals surface area (Å²) in [5.41, 5.74) is 0.720. The number of hydrogen-bond acceptors (Lipinski definition) is 3. The number of methoxy groups -OCH3 is 1. The molecule has 0 atom stereocenters. The molecule has 0 aliphatic carbocycles. The first kappa shape index (κ1) is 14.6. The van der Waals surface area contributed by atoms with E-state index < -0.39 is 0 Å². The number of aromatic hydroxyl groups is 1. The second-order valence-electron chi connectivity index (χ2n) is 4.32. The Hall–Kier alpha value is -1.35. The highest BCUT2D eigenvalue weighted by Gasteiger charge is 2.04. The quantitative estimate of drug-likeness (QED) is 0.785. The third-order valence-corrected chi connectivity index (χ3v) is 1.91. The third kappa shape index (κ3) is 7.01. The highest BCUT2D eigenvalue weighted by atomic mass is 16.5. The summed E-state index contributed by atoms with van der Waals surface area (Å²) >= 11 is 0. The zero-order valence-corrected chi connectivity index (χ0v) is 10.4. The van der Waals surface area contributed by atoms with Crippen molar-refractivity contribution in [2.45, 2.75) is 32.8 Å². The number of carbonyl (C=O) groups excluding carboxylic acids is 1. The molecule has 90 valence electrons. The first-order valence-corrected chi connectivity index (χ1v) is 5.16. The molecular weight excluding hydrogens is 204 g/mol. The van der Waals surface area contributed by atoms with Gasteiger partial charge in [0.2, 0.25) is 0 Å². The van der Waals surface area contributed by atoms with E-state index in [0.29, 0.717) is 5.56 Å². The van der Waals surface area contributed by atoms with E-state index >= 15 is 0 Å². The van der Waals surface area contributed by atoms with Crippen LogP contribution in [0, 0.1) is 0 Å². The second-order valence-corrected chi connectivity index (χ2v) is 4.32. The summed E-state index contributed by atoms with van der Waals surface area (Å²) in [6.07, 6.45) is 1.06. The molecule has 16 heavy (non-hydrogen) atoms. The lowest BCUT2D eigenvalue weighted by molar-refractivity contribution is -0.107. The molecule has 0 aliphatic rings. The van der Waals surface area contributed by atoms with Gasteiger partial charge in [0.15, 0.2) is 0 Å². The average Bonchev–Trinajstić information content (AvgIpc) is 2.22. The van der Waals surface area contributed by atoms with Gasteiger partial charge in [0.05, 0.1) is 5.60 Å². The van der Waals surface area contributed by atoms with E-state index in [1.165, 1.54) is 0 Å². The van der Waals surface area contributed by atoms with Crippen LogP contribution < -0.4 is 0 Å². The largest absolute Gasteiger partial charge is 0.508 e. The Labute approximate surface area is 97.1 Å². The number of aldehydes is 1. The molecule has 0 amide bonds. The summed E-state index contributed by atoms with van der Waals surface area (Å²) in [4.78, 5) is 10.0. The van der Waals surface area contributed by atoms with Crippen molar-refractivity contribution in [1.29, 1.82) is 0 Å². The Morgan fingerprint density at radius 1 is 1.31 bits per heavy atom. The molecule has 3 nitrogen and oxygen atoms in total. The molecule has 3 heteroatoms. The molecule has 0 saturated carbocycles. The van der Waals surface area contributed by atoms with Gasteiger partial charge in [-0.1, -0.05) is 18.2 Å². The molecule has 0 radical (unpaired) electrons. The lowest BCUT2D eigenvalue weighted by atomic mass is 10.1. The monoisotopic (exact) mass is 224 g/mol. The molecule has 0 aliphatic heterocycles. The van der Waals surface area contributed by atoms with Crippen LogP contribution in [0.5, 0.6) is 5.75 Å². The highest BCUT2D eigenvalue weighted by molar-refractivity contribution is 5.57. The molecule has 1 aromatic rings. The Morgan fingerprint density at radius 3 is 2.19 bits per heavy atom. The first-order valence-electron chi connectivity index (χ1n) is 5.16. The molecule has 0 spiro atoms. The van der Waals surface area contributed by atoms with Crippen LogP contribution in [-0.2, 0) is 16.0 Å². The van der Waals surface area contributed by atoms with Gasteiger partial charge in [0.1, 0.15) is 12.0 Å². The number of benzene rings is 1. The van der Waals surface area contributed by atoms with Crippen molar-refractivity contribution in [2.24, 2.45) is 0 Å². The molecule has 0 aromatic heterocycles. The second kappa shape index (κ2) is 7.01. The van der Waals surface area contributed by atoms with E-state index in [0.717, 1.165) is 6.29 Å². The van der Waals surface area contributed by atoms with Gasteiger partial charge in [-0.3, -0.25) is 0 Å². The summed E-state index contributed by atoms with van der Waals surface area (Å²) < 4.78 is 4.94. The third-order valence-electron chi connectivity index (χ3n) is 1.91. The Balaban J connectivity index is 0.000000325. The normalized spacial score (nSPS) is 10.2. The number of phenolic OH excluding ortho intramolecular Hbond substituents is 1. The fourth-order valence-electron chi connectivity index (χ4n) is 0.773. The Bertz CT molecular complexity index is 313. The van der Waals surface area contributed by atoms with Gasteiger partial charge in [0, 0.05) is 19.1 Å². The first-order chi connectivity index (χ1) is 7.40. The number of ether oxygens (including phenoxy) is 1. The summed E-state index contributed by atoms with van der Waals surface area (Å²) in [5, 5.41) is 9.08. The zero-order chi connectivity index (χ0) is 12.6. The van der Waals surface area contributed by atoms with Gasteiger partial charge in [-0.15, -0.1) is 0 Å². The van der Waals surface area contributed by atoms with Crippen LogP contribution in [0.4, 0.5) is 0 Å². The van der Waals surface area contributed by atoms with E-state index in [4.69, 9.17) is 9.84 Å². The minimum absolute atomic E-state index is 0.0417. The lowest BCUT2D eigenvalue weighted by Crippen LogP contribution is -2.15. The van der Waals surface area contributed by atoms with E-state index in [1.807, 2.05) is 20.8 Å². The minimum atomic E-state index is 0.0417. The fourth-order valence-corrected chi connectivity index (χ4v) is 0.773. The van der Waals surface area contributed by atoms with E-state index in [2.05, 4.69) is 0 Å². The summed E-state index contributed by atoms with van der Waals surface area (Å²) in [6, 6.07) is 6.81. The number of carbonyl (C=O) groups is 1. The van der Waals surface area contributed by atoms with Crippen LogP contribution >= 0.6 is 0 Å². The van der Waals surface area contributed by atoms with E-state index in [-0.39, 0.29) is 17.8 Å². The molecule has 0 bridgehead atoms. The number of hydrogen-bond donors (Lipinski definition) is 1. The van der Waals surface area contributed by atoms with Gasteiger partial charge in [0.25, 0.3) is 0 Å².